The number of aldehydes is 1. The highest BCUT2D eigenvalue weighted by Crippen LogP contribution is 2.31. The predicted molar refractivity (Wildman–Crippen MR) is 90.4 cm³/mol. The number of carbonyl (C=O) groups excluding carboxylic acids is 2. The van der Waals surface area contributed by atoms with Gasteiger partial charge in [-0.05, 0) is 45.7 Å². The minimum Gasteiger partial charge on any atom is -0.493 e. The molecule has 7 heteroatoms. The van der Waals surface area contributed by atoms with E-state index in [2.05, 4.69) is 0 Å². The van der Waals surface area contributed by atoms with E-state index in [1.165, 1.54) is 0 Å². The van der Waals surface area contributed by atoms with Crippen molar-refractivity contribution in [1.29, 1.82) is 0 Å². The highest BCUT2D eigenvalue weighted by Gasteiger charge is 2.21. The zero-order chi connectivity index (χ0) is 17.6. The molecule has 0 radical (unpaired) electrons. The molecule has 0 aliphatic rings. The van der Waals surface area contributed by atoms with Crippen LogP contribution in [0.2, 0.25) is 10.0 Å². The number of hydrogen-bond donors (Lipinski definition) is 1. The normalized spacial score (nSPS) is 12.6. The fourth-order valence-corrected chi connectivity index (χ4v) is 2.13. The molecule has 1 atom stereocenters. The first-order chi connectivity index (χ1) is 10.7. The minimum atomic E-state index is -0.711. The lowest BCUT2D eigenvalue weighted by Crippen LogP contribution is -2.37. The van der Waals surface area contributed by atoms with Crippen LogP contribution in [0.3, 0.4) is 0 Å². The average Bonchev–Trinajstić information content (AvgIpc) is 2.45. The van der Waals surface area contributed by atoms with Crippen LogP contribution in [-0.2, 0) is 9.53 Å². The molecule has 1 aromatic rings. The molecular formula is C16H21Cl2NO4. The Hall–Kier alpha value is -1.30. The summed E-state index contributed by atoms with van der Waals surface area (Å²) in [7, 11) is 0. The zero-order valence-electron chi connectivity index (χ0n) is 13.4. The Morgan fingerprint density at radius 1 is 1.35 bits per heavy atom. The lowest BCUT2D eigenvalue weighted by atomic mass is 10.1. The van der Waals surface area contributed by atoms with E-state index in [9.17, 15) is 9.59 Å². The third-order valence-corrected chi connectivity index (χ3v) is 3.66. The molecule has 0 saturated heterocycles. The maximum absolute atomic E-state index is 11.7. The van der Waals surface area contributed by atoms with E-state index in [4.69, 9.17) is 38.4 Å². The number of hydrogen-bond acceptors (Lipinski definition) is 5. The van der Waals surface area contributed by atoms with E-state index in [1.54, 1.807) is 32.9 Å². The predicted octanol–water partition coefficient (Wildman–Crippen LogP) is 3.63. The Bertz CT molecular complexity index is 570. The van der Waals surface area contributed by atoms with Gasteiger partial charge in [0.1, 0.15) is 17.4 Å². The molecule has 0 saturated carbocycles. The highest BCUT2D eigenvalue weighted by molar-refractivity contribution is 6.43. The lowest BCUT2D eigenvalue weighted by molar-refractivity contribution is -0.156. The van der Waals surface area contributed by atoms with Gasteiger partial charge in [-0.1, -0.05) is 23.2 Å². The first-order valence-corrected chi connectivity index (χ1v) is 7.95. The Morgan fingerprint density at radius 2 is 2.00 bits per heavy atom. The molecule has 1 rings (SSSR count). The Morgan fingerprint density at radius 3 is 2.57 bits per heavy atom. The number of halogens is 2. The van der Waals surface area contributed by atoms with E-state index in [1.807, 2.05) is 0 Å². The van der Waals surface area contributed by atoms with Gasteiger partial charge in [-0.25, -0.2) is 0 Å². The standard InChI is InChI=1S/C16H21Cl2NO4/c1-16(2,3)23-15(21)12(19)5-4-8-22-13-7-6-11(17)14(18)10(13)9-20/h6-7,9,12H,4-5,8,19H2,1-3H3/t12-/m1/s1. The van der Waals surface area contributed by atoms with Crippen molar-refractivity contribution in [3.05, 3.63) is 27.7 Å². The van der Waals surface area contributed by atoms with E-state index in [0.717, 1.165) is 0 Å². The molecule has 0 aliphatic heterocycles. The summed E-state index contributed by atoms with van der Waals surface area (Å²) in [6.07, 6.45) is 1.53. The number of benzene rings is 1. The summed E-state index contributed by atoms with van der Waals surface area (Å²) in [5.74, 6) is -0.0964. The van der Waals surface area contributed by atoms with Gasteiger partial charge in [-0.15, -0.1) is 0 Å². The van der Waals surface area contributed by atoms with E-state index < -0.39 is 17.6 Å². The van der Waals surface area contributed by atoms with E-state index in [-0.39, 0.29) is 22.2 Å². The van der Waals surface area contributed by atoms with Gasteiger partial charge in [0.25, 0.3) is 0 Å². The van der Waals surface area contributed by atoms with Crippen molar-refractivity contribution in [3.8, 4) is 5.75 Å². The molecule has 2 N–H and O–H groups in total. The summed E-state index contributed by atoms with van der Waals surface area (Å²) in [6.45, 7) is 5.64. The summed E-state index contributed by atoms with van der Waals surface area (Å²) in [5.41, 5.74) is 5.42. The number of esters is 1. The molecule has 23 heavy (non-hydrogen) atoms. The zero-order valence-corrected chi connectivity index (χ0v) is 14.9. The number of ether oxygens (including phenoxy) is 2. The van der Waals surface area contributed by atoms with Crippen LogP contribution in [-0.4, -0.2) is 30.5 Å². The fourth-order valence-electron chi connectivity index (χ4n) is 1.76. The third-order valence-electron chi connectivity index (χ3n) is 2.84. The van der Waals surface area contributed by atoms with Crippen molar-refractivity contribution in [2.24, 2.45) is 5.73 Å². The summed E-state index contributed by atoms with van der Waals surface area (Å²) in [5, 5.41) is 0.442. The molecule has 0 aromatic heterocycles. The van der Waals surface area contributed by atoms with Gasteiger partial charge in [0.05, 0.1) is 22.2 Å². The topological polar surface area (TPSA) is 78.6 Å². The largest absolute Gasteiger partial charge is 0.493 e. The summed E-state index contributed by atoms with van der Waals surface area (Å²) in [6, 6.07) is 2.42. The number of carbonyl (C=O) groups is 2. The van der Waals surface area contributed by atoms with Crippen LogP contribution >= 0.6 is 23.2 Å². The smallest absolute Gasteiger partial charge is 0.323 e. The van der Waals surface area contributed by atoms with Gasteiger partial charge in [-0.2, -0.15) is 0 Å². The third kappa shape index (κ3) is 6.37. The Kier molecular flexibility index (Phi) is 7.32. The quantitative estimate of drug-likeness (QED) is 0.455. The molecule has 0 heterocycles. The van der Waals surface area contributed by atoms with Crippen LogP contribution in [0.5, 0.6) is 5.75 Å². The fraction of sp³-hybridized carbons (Fsp3) is 0.500. The second-order valence-electron chi connectivity index (χ2n) is 6.02. The van der Waals surface area contributed by atoms with Crippen molar-refractivity contribution < 1.29 is 19.1 Å². The molecule has 128 valence electrons. The van der Waals surface area contributed by atoms with Crippen LogP contribution < -0.4 is 10.5 Å². The van der Waals surface area contributed by atoms with Crippen molar-refractivity contribution in [1.82, 2.24) is 0 Å². The Labute approximate surface area is 146 Å². The summed E-state index contributed by atoms with van der Waals surface area (Å²) < 4.78 is 10.7. The van der Waals surface area contributed by atoms with Crippen molar-refractivity contribution >= 4 is 35.5 Å². The van der Waals surface area contributed by atoms with Gasteiger partial charge in [0.15, 0.2) is 6.29 Å². The van der Waals surface area contributed by atoms with Crippen molar-refractivity contribution in [3.63, 3.8) is 0 Å². The molecule has 0 bridgehead atoms. The summed E-state index contributed by atoms with van der Waals surface area (Å²) >= 11 is 11.8. The van der Waals surface area contributed by atoms with Gasteiger partial charge in [0, 0.05) is 0 Å². The van der Waals surface area contributed by atoms with E-state index in [0.29, 0.717) is 24.9 Å². The number of nitrogens with two attached hydrogens (primary N) is 1. The highest BCUT2D eigenvalue weighted by atomic mass is 35.5. The van der Waals surface area contributed by atoms with Crippen LogP contribution in [0.25, 0.3) is 0 Å². The van der Waals surface area contributed by atoms with Crippen LogP contribution in [0.15, 0.2) is 12.1 Å². The van der Waals surface area contributed by atoms with Gasteiger partial charge in [0.2, 0.25) is 0 Å². The SMILES string of the molecule is CC(C)(C)OC(=O)[C@H](N)CCCOc1ccc(Cl)c(Cl)c1C=O. The Balaban J connectivity index is 2.48. The van der Waals surface area contributed by atoms with Crippen LogP contribution in [0.4, 0.5) is 0 Å². The van der Waals surface area contributed by atoms with Gasteiger partial charge < -0.3 is 15.2 Å². The van der Waals surface area contributed by atoms with Crippen LogP contribution in [0.1, 0.15) is 44.0 Å². The lowest BCUT2D eigenvalue weighted by Gasteiger charge is -2.22. The molecule has 1 aromatic carbocycles. The molecular weight excluding hydrogens is 341 g/mol. The van der Waals surface area contributed by atoms with E-state index >= 15 is 0 Å². The molecule has 5 nitrogen and oxygen atoms in total. The molecule has 0 amide bonds. The van der Waals surface area contributed by atoms with Gasteiger partial charge in [-0.3, -0.25) is 9.59 Å². The first kappa shape index (κ1) is 19.7. The molecule has 0 aliphatic carbocycles. The maximum atomic E-state index is 11.7. The van der Waals surface area contributed by atoms with Crippen molar-refractivity contribution in [2.75, 3.05) is 6.61 Å². The molecule has 0 fully saturated rings. The monoisotopic (exact) mass is 361 g/mol. The minimum absolute atomic E-state index is 0.157. The second-order valence-corrected chi connectivity index (χ2v) is 6.81. The van der Waals surface area contributed by atoms with Crippen LogP contribution in [0, 0.1) is 0 Å². The summed E-state index contributed by atoms with van der Waals surface area (Å²) in [4.78, 5) is 22.8. The molecule has 0 spiro atoms. The first-order valence-electron chi connectivity index (χ1n) is 7.20. The maximum Gasteiger partial charge on any atom is 0.323 e. The second kappa shape index (κ2) is 8.52. The average molecular weight is 362 g/mol. The number of rotatable bonds is 7. The van der Waals surface area contributed by atoms with Crippen molar-refractivity contribution in [2.45, 2.75) is 45.3 Å². The molecule has 0 unspecified atom stereocenters. The van der Waals surface area contributed by atoms with Gasteiger partial charge >= 0.3 is 5.97 Å².